The normalized spacial score (nSPS) is 12.9. The molecule has 0 spiro atoms. The zero-order valence-electron chi connectivity index (χ0n) is 13.2. The van der Waals surface area contributed by atoms with Crippen LogP contribution in [0.3, 0.4) is 0 Å². The molecule has 4 nitrogen and oxygen atoms in total. The first kappa shape index (κ1) is 16.2. The second-order valence-corrected chi connectivity index (χ2v) is 6.54. The minimum absolute atomic E-state index is 0.0457. The van der Waals surface area contributed by atoms with Crippen LogP contribution in [-0.4, -0.2) is 16.1 Å². The number of carboxylic acids is 1. The van der Waals surface area contributed by atoms with Crippen LogP contribution in [0.4, 0.5) is 0 Å². The second kappa shape index (κ2) is 6.28. The molecule has 116 valence electrons. The fourth-order valence-electron chi connectivity index (χ4n) is 2.30. The highest BCUT2D eigenvalue weighted by Crippen LogP contribution is 2.31. The Morgan fingerprint density at radius 1 is 1.27 bits per heavy atom. The molecule has 0 fully saturated rings. The topological polar surface area (TPSA) is 76.2 Å². The molecule has 0 saturated carbocycles. The summed E-state index contributed by atoms with van der Waals surface area (Å²) in [7, 11) is 0. The number of pyridine rings is 1. The zero-order chi connectivity index (χ0) is 16.3. The van der Waals surface area contributed by atoms with Crippen LogP contribution in [0.15, 0.2) is 42.7 Å². The minimum Gasteiger partial charge on any atom is -0.481 e. The van der Waals surface area contributed by atoms with Gasteiger partial charge in [0.25, 0.3) is 0 Å². The van der Waals surface area contributed by atoms with Crippen molar-refractivity contribution in [3.05, 3.63) is 53.9 Å². The number of rotatable bonds is 4. The van der Waals surface area contributed by atoms with Gasteiger partial charge in [0, 0.05) is 24.0 Å². The van der Waals surface area contributed by atoms with Gasteiger partial charge in [0.15, 0.2) is 0 Å². The Morgan fingerprint density at radius 3 is 2.55 bits per heavy atom. The van der Waals surface area contributed by atoms with Gasteiger partial charge < -0.3 is 10.8 Å². The van der Waals surface area contributed by atoms with Gasteiger partial charge in [-0.15, -0.1) is 0 Å². The van der Waals surface area contributed by atoms with Crippen molar-refractivity contribution in [2.24, 2.45) is 5.73 Å². The molecule has 0 aliphatic heterocycles. The number of aliphatic carboxylic acids is 1. The SMILES string of the molecule is CC(C)(C)c1cc(-c2cccnc2)cc(C(N)CC(=O)O)c1. The molecule has 0 aliphatic carbocycles. The predicted molar refractivity (Wildman–Crippen MR) is 87.6 cm³/mol. The Kier molecular flexibility index (Phi) is 4.62. The van der Waals surface area contributed by atoms with Gasteiger partial charge in [-0.1, -0.05) is 39.0 Å². The zero-order valence-corrected chi connectivity index (χ0v) is 13.2. The number of aromatic nitrogens is 1. The summed E-state index contributed by atoms with van der Waals surface area (Å²) in [6.07, 6.45) is 3.45. The number of hydrogen-bond acceptors (Lipinski definition) is 3. The fraction of sp³-hybridized carbons (Fsp3) is 0.333. The summed E-state index contributed by atoms with van der Waals surface area (Å²) in [6.45, 7) is 6.38. The first-order valence-corrected chi connectivity index (χ1v) is 7.30. The largest absolute Gasteiger partial charge is 0.481 e. The van der Waals surface area contributed by atoms with Crippen LogP contribution >= 0.6 is 0 Å². The molecule has 2 aromatic rings. The van der Waals surface area contributed by atoms with E-state index in [4.69, 9.17) is 10.8 Å². The first-order valence-electron chi connectivity index (χ1n) is 7.30. The lowest BCUT2D eigenvalue weighted by atomic mass is 9.83. The van der Waals surface area contributed by atoms with Crippen molar-refractivity contribution < 1.29 is 9.90 Å². The molecule has 2 rings (SSSR count). The highest BCUT2D eigenvalue weighted by atomic mass is 16.4. The summed E-state index contributed by atoms with van der Waals surface area (Å²) in [4.78, 5) is 15.1. The Bertz CT molecular complexity index is 661. The third-order valence-electron chi connectivity index (χ3n) is 3.64. The van der Waals surface area contributed by atoms with Gasteiger partial charge in [-0.05, 0) is 34.2 Å². The van der Waals surface area contributed by atoms with Gasteiger partial charge in [0.1, 0.15) is 0 Å². The molecule has 0 amide bonds. The lowest BCUT2D eigenvalue weighted by molar-refractivity contribution is -0.137. The molecule has 1 aromatic carbocycles. The van der Waals surface area contributed by atoms with Crippen molar-refractivity contribution in [3.8, 4) is 11.1 Å². The smallest absolute Gasteiger partial charge is 0.305 e. The van der Waals surface area contributed by atoms with Gasteiger partial charge in [-0.25, -0.2) is 0 Å². The van der Waals surface area contributed by atoms with Crippen LogP contribution in [-0.2, 0) is 10.2 Å². The van der Waals surface area contributed by atoms with Gasteiger partial charge >= 0.3 is 5.97 Å². The lowest BCUT2D eigenvalue weighted by Gasteiger charge is -2.23. The standard InChI is InChI=1S/C18H22N2O2/c1-18(2,3)15-8-13(12-5-4-6-20-11-12)7-14(9-15)16(19)10-17(21)22/h4-9,11,16H,10,19H2,1-3H3,(H,21,22). The molecule has 0 aliphatic rings. The summed E-state index contributed by atoms with van der Waals surface area (Å²) >= 11 is 0. The van der Waals surface area contributed by atoms with E-state index in [1.54, 1.807) is 12.4 Å². The Labute approximate surface area is 131 Å². The maximum Gasteiger partial charge on any atom is 0.305 e. The maximum absolute atomic E-state index is 10.9. The number of carbonyl (C=O) groups is 1. The van der Waals surface area contributed by atoms with E-state index in [1.165, 1.54) is 0 Å². The molecule has 22 heavy (non-hydrogen) atoms. The Balaban J connectivity index is 2.53. The molecular weight excluding hydrogens is 276 g/mol. The van der Waals surface area contributed by atoms with Gasteiger partial charge in [0.05, 0.1) is 6.42 Å². The van der Waals surface area contributed by atoms with Crippen molar-refractivity contribution in [1.82, 2.24) is 4.98 Å². The molecular formula is C18H22N2O2. The van der Waals surface area contributed by atoms with Crippen molar-refractivity contribution in [1.29, 1.82) is 0 Å². The van der Waals surface area contributed by atoms with E-state index in [1.807, 2.05) is 24.3 Å². The molecule has 0 saturated heterocycles. The Hall–Kier alpha value is -2.20. The quantitative estimate of drug-likeness (QED) is 0.905. The summed E-state index contributed by atoms with van der Waals surface area (Å²) in [5, 5.41) is 8.97. The molecule has 1 aromatic heterocycles. The average Bonchev–Trinajstić information content (AvgIpc) is 2.46. The van der Waals surface area contributed by atoms with Crippen molar-refractivity contribution in [2.75, 3.05) is 0 Å². The van der Waals surface area contributed by atoms with E-state index in [-0.39, 0.29) is 11.8 Å². The summed E-state index contributed by atoms with van der Waals surface area (Å²) in [6, 6.07) is 9.44. The monoisotopic (exact) mass is 298 g/mol. The van der Waals surface area contributed by atoms with E-state index in [0.717, 1.165) is 22.3 Å². The molecule has 1 unspecified atom stereocenters. The predicted octanol–water partition coefficient (Wildman–Crippen LogP) is 3.52. The third kappa shape index (κ3) is 3.92. The van der Waals surface area contributed by atoms with Crippen LogP contribution in [0.1, 0.15) is 44.4 Å². The fourth-order valence-corrected chi connectivity index (χ4v) is 2.30. The minimum atomic E-state index is -0.892. The van der Waals surface area contributed by atoms with Gasteiger partial charge in [-0.3, -0.25) is 9.78 Å². The van der Waals surface area contributed by atoms with E-state index in [9.17, 15) is 4.79 Å². The van der Waals surface area contributed by atoms with Crippen LogP contribution in [0.25, 0.3) is 11.1 Å². The second-order valence-electron chi connectivity index (χ2n) is 6.54. The highest BCUT2D eigenvalue weighted by molar-refractivity contribution is 5.69. The Morgan fingerprint density at radius 2 is 2.00 bits per heavy atom. The lowest BCUT2D eigenvalue weighted by Crippen LogP contribution is -2.17. The number of benzene rings is 1. The van der Waals surface area contributed by atoms with Crippen LogP contribution < -0.4 is 5.73 Å². The third-order valence-corrected chi connectivity index (χ3v) is 3.64. The molecule has 4 heteroatoms. The van der Waals surface area contributed by atoms with Gasteiger partial charge in [0.2, 0.25) is 0 Å². The summed E-state index contributed by atoms with van der Waals surface area (Å²) in [5.41, 5.74) is 9.99. The molecule has 1 atom stereocenters. The number of nitrogens with two attached hydrogens (primary N) is 1. The average molecular weight is 298 g/mol. The summed E-state index contributed by atoms with van der Waals surface area (Å²) < 4.78 is 0. The van der Waals surface area contributed by atoms with Crippen molar-refractivity contribution in [2.45, 2.75) is 38.6 Å². The van der Waals surface area contributed by atoms with Crippen LogP contribution in [0.5, 0.6) is 0 Å². The van der Waals surface area contributed by atoms with Crippen molar-refractivity contribution >= 4 is 5.97 Å². The van der Waals surface area contributed by atoms with E-state index < -0.39 is 12.0 Å². The number of hydrogen-bond donors (Lipinski definition) is 2. The number of nitrogens with zero attached hydrogens (tertiary/aromatic N) is 1. The van der Waals surface area contributed by atoms with Gasteiger partial charge in [-0.2, -0.15) is 0 Å². The first-order chi connectivity index (χ1) is 10.3. The van der Waals surface area contributed by atoms with E-state index in [0.29, 0.717) is 0 Å². The van der Waals surface area contributed by atoms with Crippen LogP contribution in [0.2, 0.25) is 0 Å². The van der Waals surface area contributed by atoms with Crippen LogP contribution in [0, 0.1) is 0 Å². The molecule has 3 N–H and O–H groups in total. The maximum atomic E-state index is 10.9. The van der Waals surface area contributed by atoms with E-state index >= 15 is 0 Å². The molecule has 0 bridgehead atoms. The number of carboxylic acid groups (broad SMARTS) is 1. The van der Waals surface area contributed by atoms with Crippen molar-refractivity contribution in [3.63, 3.8) is 0 Å². The molecule has 0 radical (unpaired) electrons. The summed E-state index contributed by atoms with van der Waals surface area (Å²) in [5.74, 6) is -0.892. The highest BCUT2D eigenvalue weighted by Gasteiger charge is 2.19. The molecule has 1 heterocycles. The van der Waals surface area contributed by atoms with E-state index in [2.05, 4.69) is 31.8 Å².